The number of para-hydroxylation sites is 1. The molecule has 146 valence electrons. The van der Waals surface area contributed by atoms with Crippen LogP contribution in [0.1, 0.15) is 32.1 Å². The summed E-state index contributed by atoms with van der Waals surface area (Å²) in [6.07, 6.45) is 5.24. The van der Waals surface area contributed by atoms with E-state index in [-0.39, 0.29) is 25.0 Å². The fourth-order valence-electron chi connectivity index (χ4n) is 4.21. The molecule has 7 heteroatoms. The Bertz CT molecular complexity index is 724. The SMILES string of the molecule is CN(CC(=O)Nc1ccccc1Cl)C(=O)COC(=O)C[C@H]1C[C@H]2CC[C@@H]1C2. The second-order valence-electron chi connectivity index (χ2n) is 7.58. The first-order valence-corrected chi connectivity index (χ1v) is 9.74. The van der Waals surface area contributed by atoms with Gasteiger partial charge in [-0.1, -0.05) is 30.2 Å². The maximum absolute atomic E-state index is 12.1. The van der Waals surface area contributed by atoms with Crippen molar-refractivity contribution in [2.75, 3.05) is 25.5 Å². The molecule has 2 bridgehead atoms. The Hall–Kier alpha value is -2.08. The van der Waals surface area contributed by atoms with Crippen molar-refractivity contribution < 1.29 is 19.1 Å². The van der Waals surface area contributed by atoms with E-state index < -0.39 is 5.91 Å². The lowest BCUT2D eigenvalue weighted by molar-refractivity contribution is -0.152. The summed E-state index contributed by atoms with van der Waals surface area (Å²) in [5.41, 5.74) is 0.488. The molecule has 1 aromatic rings. The Morgan fingerprint density at radius 3 is 2.67 bits per heavy atom. The van der Waals surface area contributed by atoms with E-state index in [1.54, 1.807) is 24.3 Å². The van der Waals surface area contributed by atoms with Gasteiger partial charge in [-0.05, 0) is 49.1 Å². The lowest BCUT2D eigenvalue weighted by atomic mass is 9.86. The number of benzene rings is 1. The van der Waals surface area contributed by atoms with Gasteiger partial charge in [-0.15, -0.1) is 0 Å². The fraction of sp³-hybridized carbons (Fsp3) is 0.550. The van der Waals surface area contributed by atoms with Gasteiger partial charge >= 0.3 is 5.97 Å². The molecule has 0 heterocycles. The molecule has 3 rings (SSSR count). The van der Waals surface area contributed by atoms with Crippen LogP contribution in [0.4, 0.5) is 5.69 Å². The molecule has 2 aliphatic carbocycles. The molecule has 3 atom stereocenters. The first kappa shape index (κ1) is 19.7. The molecule has 0 spiro atoms. The number of ether oxygens (including phenoxy) is 1. The topological polar surface area (TPSA) is 75.7 Å². The second kappa shape index (κ2) is 8.74. The Labute approximate surface area is 164 Å². The van der Waals surface area contributed by atoms with E-state index in [9.17, 15) is 14.4 Å². The third-order valence-corrected chi connectivity index (χ3v) is 5.95. The smallest absolute Gasteiger partial charge is 0.306 e. The molecular weight excluding hydrogens is 368 g/mol. The van der Waals surface area contributed by atoms with Crippen LogP contribution in [-0.4, -0.2) is 42.9 Å². The molecule has 0 radical (unpaired) electrons. The Kier molecular flexibility index (Phi) is 6.37. The maximum atomic E-state index is 12.1. The van der Waals surface area contributed by atoms with Crippen molar-refractivity contribution >= 4 is 35.1 Å². The van der Waals surface area contributed by atoms with Crippen LogP contribution in [-0.2, 0) is 19.1 Å². The summed E-state index contributed by atoms with van der Waals surface area (Å²) in [6, 6.07) is 6.87. The third kappa shape index (κ3) is 5.22. The van der Waals surface area contributed by atoms with Crippen molar-refractivity contribution in [3.63, 3.8) is 0 Å². The number of esters is 1. The number of halogens is 1. The number of anilines is 1. The number of fused-ring (bicyclic) bond motifs is 2. The van der Waals surface area contributed by atoms with Gasteiger partial charge in [-0.3, -0.25) is 14.4 Å². The molecule has 2 fully saturated rings. The van der Waals surface area contributed by atoms with E-state index in [2.05, 4.69) is 5.32 Å². The van der Waals surface area contributed by atoms with Gasteiger partial charge in [0.25, 0.3) is 5.91 Å². The van der Waals surface area contributed by atoms with Gasteiger partial charge < -0.3 is 15.0 Å². The predicted octanol–water partition coefficient (Wildman–Crippen LogP) is 3.11. The molecule has 1 N–H and O–H groups in total. The van der Waals surface area contributed by atoms with Gasteiger partial charge in [-0.25, -0.2) is 0 Å². The maximum Gasteiger partial charge on any atom is 0.306 e. The standard InChI is InChI=1S/C20H25ClN2O4/c1-23(11-18(24)22-17-5-3-2-4-16(17)21)19(25)12-27-20(26)10-15-9-13-6-7-14(15)8-13/h2-5,13-15H,6-12H2,1H3,(H,22,24)/t13-,14+,15+/m0/s1. The van der Waals surface area contributed by atoms with E-state index >= 15 is 0 Å². The van der Waals surface area contributed by atoms with Crippen LogP contribution >= 0.6 is 11.6 Å². The number of likely N-dealkylation sites (N-methyl/N-ethyl adjacent to an activating group) is 1. The highest BCUT2D eigenvalue weighted by Crippen LogP contribution is 2.49. The largest absolute Gasteiger partial charge is 0.456 e. The van der Waals surface area contributed by atoms with Crippen LogP contribution in [0.25, 0.3) is 0 Å². The molecule has 0 unspecified atom stereocenters. The van der Waals surface area contributed by atoms with E-state index in [0.717, 1.165) is 12.3 Å². The lowest BCUT2D eigenvalue weighted by Gasteiger charge is -2.21. The van der Waals surface area contributed by atoms with E-state index in [1.165, 1.54) is 31.2 Å². The first-order valence-electron chi connectivity index (χ1n) is 9.36. The predicted molar refractivity (Wildman–Crippen MR) is 102 cm³/mol. The molecule has 0 saturated heterocycles. The van der Waals surface area contributed by atoms with Crippen molar-refractivity contribution in [1.82, 2.24) is 4.90 Å². The summed E-state index contributed by atoms with van der Waals surface area (Å²) in [7, 11) is 1.50. The molecule has 0 aliphatic heterocycles. The summed E-state index contributed by atoms with van der Waals surface area (Å²) < 4.78 is 5.13. The zero-order valence-electron chi connectivity index (χ0n) is 15.4. The highest BCUT2D eigenvalue weighted by Gasteiger charge is 2.40. The molecule has 27 heavy (non-hydrogen) atoms. The number of carbonyl (C=O) groups excluding carboxylic acids is 3. The van der Waals surface area contributed by atoms with E-state index in [1.807, 2.05) is 0 Å². The van der Waals surface area contributed by atoms with Gasteiger partial charge in [0.15, 0.2) is 6.61 Å². The first-order chi connectivity index (χ1) is 12.9. The van der Waals surface area contributed by atoms with Gasteiger partial charge in [0, 0.05) is 13.5 Å². The molecule has 0 aromatic heterocycles. The summed E-state index contributed by atoms with van der Waals surface area (Å²) in [5.74, 6) is 0.727. The number of carbonyl (C=O) groups is 3. The molecule has 2 aliphatic rings. The minimum absolute atomic E-state index is 0.145. The summed E-state index contributed by atoms with van der Waals surface area (Å²) in [4.78, 5) is 37.4. The second-order valence-corrected chi connectivity index (χ2v) is 7.98. The van der Waals surface area contributed by atoms with Gasteiger partial charge in [0.05, 0.1) is 17.3 Å². The third-order valence-electron chi connectivity index (χ3n) is 5.62. The van der Waals surface area contributed by atoms with Crippen molar-refractivity contribution in [3.05, 3.63) is 29.3 Å². The number of hydrogen-bond donors (Lipinski definition) is 1. The summed E-state index contributed by atoms with van der Waals surface area (Å²) >= 11 is 5.99. The molecule has 2 amide bonds. The van der Waals surface area contributed by atoms with Gasteiger partial charge in [0.2, 0.25) is 5.91 Å². The van der Waals surface area contributed by atoms with Crippen LogP contribution in [0.5, 0.6) is 0 Å². The molecule has 6 nitrogen and oxygen atoms in total. The lowest BCUT2D eigenvalue weighted by Crippen LogP contribution is -2.37. The van der Waals surface area contributed by atoms with Crippen LogP contribution in [0.3, 0.4) is 0 Å². The Morgan fingerprint density at radius 2 is 2.00 bits per heavy atom. The van der Waals surface area contributed by atoms with Crippen LogP contribution < -0.4 is 5.32 Å². The van der Waals surface area contributed by atoms with Crippen molar-refractivity contribution in [2.45, 2.75) is 32.1 Å². The fourth-order valence-corrected chi connectivity index (χ4v) is 4.39. The molecule has 2 saturated carbocycles. The van der Waals surface area contributed by atoms with Gasteiger partial charge in [-0.2, -0.15) is 0 Å². The van der Waals surface area contributed by atoms with Crippen molar-refractivity contribution in [1.29, 1.82) is 0 Å². The Balaban J connectivity index is 1.37. The Morgan fingerprint density at radius 1 is 1.22 bits per heavy atom. The quantitative estimate of drug-likeness (QED) is 0.723. The minimum Gasteiger partial charge on any atom is -0.456 e. The zero-order chi connectivity index (χ0) is 19.4. The number of hydrogen-bond acceptors (Lipinski definition) is 4. The number of nitrogens with zero attached hydrogens (tertiary/aromatic N) is 1. The average molecular weight is 393 g/mol. The highest BCUT2D eigenvalue weighted by molar-refractivity contribution is 6.33. The summed E-state index contributed by atoms with van der Waals surface area (Å²) in [6.45, 7) is -0.483. The normalized spacial score (nSPS) is 23.1. The van der Waals surface area contributed by atoms with Crippen molar-refractivity contribution in [2.24, 2.45) is 17.8 Å². The van der Waals surface area contributed by atoms with Crippen LogP contribution in [0.15, 0.2) is 24.3 Å². The highest BCUT2D eigenvalue weighted by atomic mass is 35.5. The average Bonchev–Trinajstić information content (AvgIpc) is 3.24. The van der Waals surface area contributed by atoms with Crippen LogP contribution in [0.2, 0.25) is 5.02 Å². The summed E-state index contributed by atoms with van der Waals surface area (Å²) in [5, 5.41) is 3.08. The van der Waals surface area contributed by atoms with E-state index in [0.29, 0.717) is 29.0 Å². The zero-order valence-corrected chi connectivity index (χ0v) is 16.2. The van der Waals surface area contributed by atoms with Crippen LogP contribution in [0, 0.1) is 17.8 Å². The van der Waals surface area contributed by atoms with E-state index in [4.69, 9.17) is 16.3 Å². The monoisotopic (exact) mass is 392 g/mol. The molecule has 1 aromatic carbocycles. The minimum atomic E-state index is -0.411. The van der Waals surface area contributed by atoms with Crippen molar-refractivity contribution in [3.8, 4) is 0 Å². The van der Waals surface area contributed by atoms with Gasteiger partial charge in [0.1, 0.15) is 0 Å². The number of nitrogens with one attached hydrogen (secondary N) is 1. The number of rotatable bonds is 7. The molecular formula is C20H25ClN2O4. The number of amides is 2.